The summed E-state index contributed by atoms with van der Waals surface area (Å²) in [5.41, 5.74) is 14.7. The molecular formula is C21H18N2O2. The van der Waals surface area contributed by atoms with Gasteiger partial charge in [-0.3, -0.25) is 9.59 Å². The molecule has 4 nitrogen and oxygen atoms in total. The highest BCUT2D eigenvalue weighted by Gasteiger charge is 2.17. The Hall–Kier alpha value is -3.40. The minimum atomic E-state index is -0.186. The number of carbonyl (C=O) groups excluding carboxylic acids is 2. The lowest BCUT2D eigenvalue weighted by molar-refractivity contribution is 0.0992. The lowest BCUT2D eigenvalue weighted by atomic mass is 9.93. The lowest BCUT2D eigenvalue weighted by Gasteiger charge is -2.10. The van der Waals surface area contributed by atoms with Gasteiger partial charge >= 0.3 is 0 Å². The highest BCUT2D eigenvalue weighted by Crippen LogP contribution is 2.20. The Morgan fingerprint density at radius 1 is 0.760 bits per heavy atom. The first kappa shape index (κ1) is 16.5. The topological polar surface area (TPSA) is 86.2 Å². The van der Waals surface area contributed by atoms with Crippen molar-refractivity contribution >= 4 is 22.9 Å². The highest BCUT2D eigenvalue weighted by atomic mass is 16.1. The van der Waals surface area contributed by atoms with Crippen LogP contribution in [0.25, 0.3) is 0 Å². The Labute approximate surface area is 146 Å². The van der Waals surface area contributed by atoms with Crippen molar-refractivity contribution in [3.05, 3.63) is 95.1 Å². The number of ketones is 2. The van der Waals surface area contributed by atoms with Crippen LogP contribution in [0.4, 0.5) is 11.4 Å². The van der Waals surface area contributed by atoms with E-state index in [1.165, 1.54) is 0 Å². The molecule has 3 rings (SSSR count). The van der Waals surface area contributed by atoms with E-state index in [2.05, 4.69) is 0 Å². The van der Waals surface area contributed by atoms with Gasteiger partial charge in [0.25, 0.3) is 0 Å². The molecule has 0 fully saturated rings. The molecule has 4 heteroatoms. The van der Waals surface area contributed by atoms with Gasteiger partial charge in [-0.2, -0.15) is 0 Å². The van der Waals surface area contributed by atoms with Gasteiger partial charge in [0.2, 0.25) is 0 Å². The maximum Gasteiger partial charge on any atom is 0.195 e. The second-order valence-corrected chi connectivity index (χ2v) is 5.80. The quantitative estimate of drug-likeness (QED) is 0.554. The van der Waals surface area contributed by atoms with E-state index in [4.69, 9.17) is 11.5 Å². The summed E-state index contributed by atoms with van der Waals surface area (Å²) < 4.78 is 0. The number of para-hydroxylation sites is 1. The predicted molar refractivity (Wildman–Crippen MR) is 99.6 cm³/mol. The molecule has 0 aliphatic rings. The van der Waals surface area contributed by atoms with Gasteiger partial charge in [0, 0.05) is 34.5 Å². The predicted octanol–water partition coefficient (Wildman–Crippen LogP) is 3.51. The van der Waals surface area contributed by atoms with Gasteiger partial charge in [0.05, 0.1) is 0 Å². The van der Waals surface area contributed by atoms with Crippen molar-refractivity contribution in [2.75, 3.05) is 11.5 Å². The molecule has 0 saturated heterocycles. The van der Waals surface area contributed by atoms with Crippen LogP contribution in [0.5, 0.6) is 0 Å². The van der Waals surface area contributed by atoms with Crippen molar-refractivity contribution in [1.82, 2.24) is 0 Å². The van der Waals surface area contributed by atoms with E-state index >= 15 is 0 Å². The van der Waals surface area contributed by atoms with E-state index in [0.29, 0.717) is 33.6 Å². The summed E-state index contributed by atoms with van der Waals surface area (Å²) in [5, 5.41) is 0. The third kappa shape index (κ3) is 3.58. The summed E-state index contributed by atoms with van der Waals surface area (Å²) in [6.07, 6.45) is 0.123. The maximum atomic E-state index is 12.8. The number of Topliss-reactive ketones (excluding diaryl/α,β-unsaturated/α-hetero) is 1. The molecule has 0 bridgehead atoms. The molecular weight excluding hydrogens is 312 g/mol. The van der Waals surface area contributed by atoms with Crippen molar-refractivity contribution < 1.29 is 9.59 Å². The van der Waals surface area contributed by atoms with E-state index < -0.39 is 0 Å². The molecule has 0 spiro atoms. The molecule has 3 aromatic rings. The number of nitrogen functional groups attached to an aromatic ring is 2. The first-order chi connectivity index (χ1) is 12.1. The second kappa shape index (κ2) is 7.01. The minimum absolute atomic E-state index is 0.0893. The number of hydrogen-bond acceptors (Lipinski definition) is 4. The first-order valence-corrected chi connectivity index (χ1v) is 7.92. The number of carbonyl (C=O) groups is 2. The Morgan fingerprint density at radius 3 is 2.16 bits per heavy atom. The van der Waals surface area contributed by atoms with Gasteiger partial charge in [0.15, 0.2) is 11.6 Å². The number of hydrogen-bond donors (Lipinski definition) is 2. The van der Waals surface area contributed by atoms with Crippen LogP contribution in [-0.4, -0.2) is 11.6 Å². The Bertz CT molecular complexity index is 948. The lowest BCUT2D eigenvalue weighted by Crippen LogP contribution is -2.11. The van der Waals surface area contributed by atoms with E-state index in [1.54, 1.807) is 66.7 Å². The maximum absolute atomic E-state index is 12.8. The van der Waals surface area contributed by atoms with E-state index in [1.807, 2.05) is 6.07 Å². The number of nitrogens with two attached hydrogens (primary N) is 2. The number of anilines is 2. The molecule has 0 saturated carbocycles. The molecule has 0 atom stereocenters. The van der Waals surface area contributed by atoms with Crippen molar-refractivity contribution in [2.45, 2.75) is 6.42 Å². The van der Waals surface area contributed by atoms with Gasteiger partial charge in [-0.25, -0.2) is 0 Å². The molecule has 0 unspecified atom stereocenters. The van der Waals surface area contributed by atoms with E-state index in [0.717, 1.165) is 0 Å². The van der Waals surface area contributed by atoms with E-state index in [-0.39, 0.29) is 18.0 Å². The summed E-state index contributed by atoms with van der Waals surface area (Å²) in [6, 6.07) is 20.9. The van der Waals surface area contributed by atoms with Crippen molar-refractivity contribution in [3.8, 4) is 0 Å². The molecule has 0 aliphatic heterocycles. The molecule has 124 valence electrons. The molecule has 0 aliphatic carbocycles. The monoisotopic (exact) mass is 330 g/mol. The Balaban J connectivity index is 1.93. The van der Waals surface area contributed by atoms with Gasteiger partial charge < -0.3 is 11.5 Å². The van der Waals surface area contributed by atoms with Crippen LogP contribution in [0.2, 0.25) is 0 Å². The van der Waals surface area contributed by atoms with Gasteiger partial charge in [-0.15, -0.1) is 0 Å². The van der Waals surface area contributed by atoms with Crippen molar-refractivity contribution in [3.63, 3.8) is 0 Å². The molecule has 3 aromatic carbocycles. The molecule has 0 aromatic heterocycles. The summed E-state index contributed by atoms with van der Waals surface area (Å²) in [7, 11) is 0. The first-order valence-electron chi connectivity index (χ1n) is 7.92. The fourth-order valence-electron chi connectivity index (χ4n) is 2.73. The van der Waals surface area contributed by atoms with Crippen molar-refractivity contribution in [1.29, 1.82) is 0 Å². The SMILES string of the molecule is Nc1cccc(C(=O)Cc2ccccc2C(=O)c2ccccc2N)c1. The van der Waals surface area contributed by atoms with Gasteiger partial charge in [-0.05, 0) is 29.8 Å². The zero-order valence-electron chi connectivity index (χ0n) is 13.6. The third-order valence-electron chi connectivity index (χ3n) is 4.03. The minimum Gasteiger partial charge on any atom is -0.399 e. The summed E-state index contributed by atoms with van der Waals surface area (Å²) in [6.45, 7) is 0. The normalized spacial score (nSPS) is 10.4. The van der Waals surface area contributed by atoms with Crippen LogP contribution in [0.3, 0.4) is 0 Å². The molecule has 0 radical (unpaired) electrons. The summed E-state index contributed by atoms with van der Waals surface area (Å²) in [5.74, 6) is -0.275. The van der Waals surface area contributed by atoms with E-state index in [9.17, 15) is 9.59 Å². The van der Waals surface area contributed by atoms with Crippen LogP contribution in [0.15, 0.2) is 72.8 Å². The number of benzene rings is 3. The fraction of sp³-hybridized carbons (Fsp3) is 0.0476. The van der Waals surface area contributed by atoms with Crippen LogP contribution in [0, 0.1) is 0 Å². The molecule has 0 heterocycles. The Morgan fingerprint density at radius 2 is 1.44 bits per heavy atom. The van der Waals surface area contributed by atoms with Crippen molar-refractivity contribution in [2.24, 2.45) is 0 Å². The summed E-state index contributed by atoms with van der Waals surface area (Å²) in [4.78, 5) is 25.4. The van der Waals surface area contributed by atoms with Crippen LogP contribution >= 0.6 is 0 Å². The average Bonchev–Trinajstić information content (AvgIpc) is 2.62. The Kier molecular flexibility index (Phi) is 4.61. The zero-order valence-corrected chi connectivity index (χ0v) is 13.6. The average molecular weight is 330 g/mol. The number of rotatable bonds is 5. The smallest absolute Gasteiger partial charge is 0.195 e. The van der Waals surface area contributed by atoms with Crippen LogP contribution in [0.1, 0.15) is 31.8 Å². The standard InChI is InChI=1S/C21H18N2O2/c22-16-8-5-7-15(12-16)20(24)13-14-6-1-2-9-17(14)21(25)18-10-3-4-11-19(18)23/h1-12H,13,22-23H2. The molecule has 25 heavy (non-hydrogen) atoms. The molecule has 0 amide bonds. The second-order valence-electron chi connectivity index (χ2n) is 5.80. The van der Waals surface area contributed by atoms with Crippen LogP contribution < -0.4 is 11.5 Å². The van der Waals surface area contributed by atoms with Crippen LogP contribution in [-0.2, 0) is 6.42 Å². The summed E-state index contributed by atoms with van der Waals surface area (Å²) >= 11 is 0. The van der Waals surface area contributed by atoms with Gasteiger partial charge in [-0.1, -0.05) is 48.5 Å². The highest BCUT2D eigenvalue weighted by molar-refractivity contribution is 6.13. The third-order valence-corrected chi connectivity index (χ3v) is 4.03. The molecule has 4 N–H and O–H groups in total. The van der Waals surface area contributed by atoms with Gasteiger partial charge in [0.1, 0.15) is 0 Å². The largest absolute Gasteiger partial charge is 0.399 e. The fourth-order valence-corrected chi connectivity index (χ4v) is 2.73. The zero-order chi connectivity index (χ0) is 17.8.